The van der Waals surface area contributed by atoms with Crippen molar-refractivity contribution in [3.8, 4) is 17.6 Å². The van der Waals surface area contributed by atoms with E-state index in [9.17, 15) is 10.1 Å². The van der Waals surface area contributed by atoms with Crippen LogP contribution in [0.5, 0.6) is 11.5 Å². The van der Waals surface area contributed by atoms with Crippen LogP contribution in [0, 0.1) is 28.6 Å². The van der Waals surface area contributed by atoms with Gasteiger partial charge in [0.1, 0.15) is 17.6 Å². The van der Waals surface area contributed by atoms with Gasteiger partial charge < -0.3 is 9.47 Å². The van der Waals surface area contributed by atoms with Crippen molar-refractivity contribution in [3.63, 3.8) is 0 Å². The van der Waals surface area contributed by atoms with E-state index in [4.69, 9.17) is 21.1 Å². The second kappa shape index (κ2) is 8.91. The van der Waals surface area contributed by atoms with Crippen molar-refractivity contribution in [3.05, 3.63) is 68.6 Å². The normalized spacial score (nSPS) is 20.1. The quantitative estimate of drug-likeness (QED) is 0.366. The Balaban J connectivity index is 1.72. The van der Waals surface area contributed by atoms with Crippen LogP contribution in [0.1, 0.15) is 25.5 Å². The summed E-state index contributed by atoms with van der Waals surface area (Å²) in [5.74, 6) is 0.524. The molecule has 2 aromatic carbocycles. The number of ether oxygens (including phenoxy) is 2. The Hall–Kier alpha value is -1.81. The van der Waals surface area contributed by atoms with Crippen molar-refractivity contribution >= 4 is 49.4 Å². The zero-order valence-electron chi connectivity index (χ0n) is 15.7. The maximum atomic E-state index is 12.7. The van der Waals surface area contributed by atoms with Crippen LogP contribution < -0.4 is 4.74 Å². The lowest BCUT2D eigenvalue weighted by Crippen LogP contribution is -2.14. The van der Waals surface area contributed by atoms with E-state index in [1.54, 1.807) is 48.5 Å². The van der Waals surface area contributed by atoms with Crippen molar-refractivity contribution in [2.45, 2.75) is 20.0 Å². The maximum Gasteiger partial charge on any atom is 0.311 e. The van der Waals surface area contributed by atoms with E-state index in [-0.39, 0.29) is 23.2 Å². The first-order valence-electron chi connectivity index (χ1n) is 8.88. The van der Waals surface area contributed by atoms with Crippen LogP contribution in [0.2, 0.25) is 5.02 Å². The summed E-state index contributed by atoms with van der Waals surface area (Å²) in [7, 11) is 0. The number of carbonyl (C=O) groups is 1. The van der Waals surface area contributed by atoms with Crippen LogP contribution in [0.4, 0.5) is 0 Å². The Morgan fingerprint density at radius 3 is 2.52 bits per heavy atom. The number of rotatable bonds is 6. The number of benzene rings is 2. The number of allylic oxidation sites excluding steroid dienone is 1. The third-order valence-electron chi connectivity index (χ3n) is 5.03. The fourth-order valence-corrected chi connectivity index (χ4v) is 4.01. The highest BCUT2D eigenvalue weighted by molar-refractivity contribution is 9.28. The van der Waals surface area contributed by atoms with Crippen molar-refractivity contribution in [1.82, 2.24) is 0 Å². The number of hydrogen-bond acceptors (Lipinski definition) is 4. The molecule has 2 aromatic rings. The van der Waals surface area contributed by atoms with Gasteiger partial charge in [0.2, 0.25) is 6.10 Å². The fraction of sp³-hybridized carbons (Fsp3) is 0.273. The van der Waals surface area contributed by atoms with E-state index >= 15 is 0 Å². The average Bonchev–Trinajstić information content (AvgIpc) is 3.21. The molecule has 0 saturated heterocycles. The fourth-order valence-electron chi connectivity index (χ4n) is 3.31. The molecule has 0 aliphatic heterocycles. The molecule has 0 radical (unpaired) electrons. The van der Waals surface area contributed by atoms with Crippen molar-refractivity contribution < 1.29 is 14.3 Å². The molecule has 3 rings (SSSR count). The molecule has 4 nitrogen and oxygen atoms in total. The molecule has 7 heteroatoms. The summed E-state index contributed by atoms with van der Waals surface area (Å²) in [5.41, 5.74) is 0.336. The molecule has 0 amide bonds. The first-order chi connectivity index (χ1) is 13.7. The third-order valence-corrected chi connectivity index (χ3v) is 5.81. The van der Waals surface area contributed by atoms with Crippen LogP contribution in [-0.4, -0.2) is 5.97 Å². The zero-order chi connectivity index (χ0) is 21.2. The number of nitriles is 1. The molecule has 1 aliphatic rings. The summed E-state index contributed by atoms with van der Waals surface area (Å²) in [6, 6.07) is 16.0. The molecule has 29 heavy (non-hydrogen) atoms. The van der Waals surface area contributed by atoms with Gasteiger partial charge in [0.05, 0.1) is 9.31 Å². The molecule has 0 spiro atoms. The molecule has 0 unspecified atom stereocenters. The van der Waals surface area contributed by atoms with Gasteiger partial charge in [0, 0.05) is 10.6 Å². The van der Waals surface area contributed by atoms with Crippen LogP contribution in [-0.2, 0) is 9.53 Å². The van der Waals surface area contributed by atoms with E-state index in [2.05, 4.69) is 37.9 Å². The summed E-state index contributed by atoms with van der Waals surface area (Å²) in [6.07, 6.45) is 0.929. The Labute approximate surface area is 191 Å². The van der Waals surface area contributed by atoms with Gasteiger partial charge in [-0.25, -0.2) is 0 Å². The summed E-state index contributed by atoms with van der Waals surface area (Å²) in [5, 5.41) is 10.2. The van der Waals surface area contributed by atoms with Gasteiger partial charge in [-0.3, -0.25) is 4.79 Å². The van der Waals surface area contributed by atoms with Crippen molar-refractivity contribution in [2.24, 2.45) is 17.3 Å². The van der Waals surface area contributed by atoms with Gasteiger partial charge in [0.15, 0.2) is 0 Å². The minimum absolute atomic E-state index is 0.0441. The first-order valence-corrected chi connectivity index (χ1v) is 10.8. The largest absolute Gasteiger partial charge is 0.457 e. The minimum atomic E-state index is -1.01. The zero-order valence-corrected chi connectivity index (χ0v) is 19.7. The van der Waals surface area contributed by atoms with E-state index in [0.717, 1.165) is 3.39 Å². The molecule has 1 saturated carbocycles. The molecular weight excluding hydrogens is 522 g/mol. The lowest BCUT2D eigenvalue weighted by molar-refractivity contribution is -0.149. The smallest absolute Gasteiger partial charge is 0.311 e. The lowest BCUT2D eigenvalue weighted by Gasteiger charge is -2.13. The summed E-state index contributed by atoms with van der Waals surface area (Å²) in [4.78, 5) is 12.7. The molecule has 1 fully saturated rings. The molecule has 150 valence electrons. The van der Waals surface area contributed by atoms with Crippen molar-refractivity contribution in [1.29, 1.82) is 5.26 Å². The lowest BCUT2D eigenvalue weighted by atomic mass is 10.1. The van der Waals surface area contributed by atoms with E-state index in [0.29, 0.717) is 22.1 Å². The van der Waals surface area contributed by atoms with E-state index < -0.39 is 6.10 Å². The Bertz CT molecular complexity index is 978. The SMILES string of the molecule is CC1(C)[C@H](C(=O)O[C@@H](C#N)c2cccc(Oc3ccc(Cl)cc3)c2)[C@@H]1C=C(Br)Br. The molecule has 0 aromatic heterocycles. The van der Waals surface area contributed by atoms with Gasteiger partial charge >= 0.3 is 5.97 Å². The molecule has 0 N–H and O–H groups in total. The third kappa shape index (κ3) is 5.22. The summed E-state index contributed by atoms with van der Waals surface area (Å²) >= 11 is 12.6. The van der Waals surface area contributed by atoms with Crippen molar-refractivity contribution in [2.75, 3.05) is 0 Å². The van der Waals surface area contributed by atoms with Gasteiger partial charge in [-0.15, -0.1) is 0 Å². The second-order valence-corrected chi connectivity index (χ2v) is 10.6. The van der Waals surface area contributed by atoms with Crippen LogP contribution in [0.25, 0.3) is 0 Å². The average molecular weight is 540 g/mol. The van der Waals surface area contributed by atoms with Gasteiger partial charge in [-0.1, -0.05) is 43.7 Å². The van der Waals surface area contributed by atoms with Gasteiger partial charge in [-0.05, 0) is 79.6 Å². The van der Waals surface area contributed by atoms with Crippen LogP contribution in [0.3, 0.4) is 0 Å². The number of nitrogens with zero attached hydrogens (tertiary/aromatic N) is 1. The molecule has 0 heterocycles. The summed E-state index contributed by atoms with van der Waals surface area (Å²) < 4.78 is 12.1. The number of carbonyl (C=O) groups excluding carboxylic acids is 1. The molecule has 3 atom stereocenters. The van der Waals surface area contributed by atoms with E-state index in [1.807, 2.05) is 19.9 Å². The number of esters is 1. The predicted octanol–water partition coefficient (Wildman–Crippen LogP) is 7.14. The number of hydrogen-bond donors (Lipinski definition) is 0. The first kappa shape index (κ1) is 21.9. The Morgan fingerprint density at radius 2 is 1.90 bits per heavy atom. The molecular formula is C22H18Br2ClNO3. The highest BCUT2D eigenvalue weighted by atomic mass is 79.9. The van der Waals surface area contributed by atoms with Crippen LogP contribution in [0.15, 0.2) is 58.0 Å². The van der Waals surface area contributed by atoms with Gasteiger partial charge in [-0.2, -0.15) is 5.26 Å². The van der Waals surface area contributed by atoms with Gasteiger partial charge in [0.25, 0.3) is 0 Å². The Kier molecular flexibility index (Phi) is 6.72. The summed E-state index contributed by atoms with van der Waals surface area (Å²) in [6.45, 7) is 4.01. The highest BCUT2D eigenvalue weighted by Crippen LogP contribution is 2.60. The molecule has 1 aliphatic carbocycles. The standard InChI is InChI=1S/C22H18Br2ClNO3/c1-22(2)17(11-19(23)24)20(22)21(27)29-18(12-26)13-4-3-5-16(10-13)28-15-8-6-14(25)7-9-15/h3-11,17-18,20H,1-2H3/t17-,18-,20-/m0/s1. The number of halogens is 3. The monoisotopic (exact) mass is 537 g/mol. The molecule has 0 bridgehead atoms. The van der Waals surface area contributed by atoms with E-state index in [1.165, 1.54) is 0 Å². The predicted molar refractivity (Wildman–Crippen MR) is 119 cm³/mol. The Morgan fingerprint density at radius 1 is 1.21 bits per heavy atom. The highest BCUT2D eigenvalue weighted by Gasteiger charge is 2.61. The van der Waals surface area contributed by atoms with Crippen LogP contribution >= 0.6 is 43.5 Å². The maximum absolute atomic E-state index is 12.7. The second-order valence-electron chi connectivity index (χ2n) is 7.36. The minimum Gasteiger partial charge on any atom is -0.457 e. The topological polar surface area (TPSA) is 59.3 Å².